The molecule has 4 nitrogen and oxygen atoms in total. The van der Waals surface area contributed by atoms with Crippen LogP contribution < -0.4 is 0 Å². The van der Waals surface area contributed by atoms with Crippen LogP contribution in [-0.4, -0.2) is 55.6 Å². The van der Waals surface area contributed by atoms with E-state index in [0.717, 1.165) is 57.8 Å². The average Bonchev–Trinajstić information content (AvgIpc) is 3.20. The third-order valence-corrected chi connectivity index (χ3v) is 7.25. The van der Waals surface area contributed by atoms with Gasteiger partial charge in [-0.05, 0) is 74.7 Å². The largest absolute Gasteiger partial charge is 0.381 e. The van der Waals surface area contributed by atoms with Gasteiger partial charge < -0.3 is 9.64 Å². The number of carbonyl (C=O) groups is 1. The molecule has 0 radical (unpaired) electrons. The van der Waals surface area contributed by atoms with E-state index in [4.69, 9.17) is 16.3 Å². The smallest absolute Gasteiger partial charge is 0.225 e. The number of halogens is 2. The first-order valence-electron chi connectivity index (χ1n) is 11.0. The molecule has 4 rings (SSSR count). The molecule has 1 aromatic carbocycles. The van der Waals surface area contributed by atoms with Gasteiger partial charge in [-0.1, -0.05) is 23.7 Å². The Hall–Kier alpha value is -1.17. The molecule has 3 fully saturated rings. The minimum absolute atomic E-state index is 0.0708. The highest BCUT2D eigenvalue weighted by Crippen LogP contribution is 2.50. The highest BCUT2D eigenvalue weighted by Gasteiger charge is 2.50. The molecule has 160 valence electrons. The van der Waals surface area contributed by atoms with E-state index in [2.05, 4.69) is 4.90 Å². The van der Waals surface area contributed by atoms with Gasteiger partial charge in [0.2, 0.25) is 5.91 Å². The summed E-state index contributed by atoms with van der Waals surface area (Å²) < 4.78 is 20.8. The van der Waals surface area contributed by atoms with E-state index in [1.807, 2.05) is 19.2 Å². The normalized spacial score (nSPS) is 28.3. The fourth-order valence-electron chi connectivity index (χ4n) is 4.99. The van der Waals surface area contributed by atoms with Crippen molar-refractivity contribution in [3.8, 4) is 0 Å². The van der Waals surface area contributed by atoms with Crippen LogP contribution in [0, 0.1) is 11.8 Å². The summed E-state index contributed by atoms with van der Waals surface area (Å²) >= 11 is 6.47. The number of carbonyl (C=O) groups excluding carboxylic acids is 1. The van der Waals surface area contributed by atoms with Crippen molar-refractivity contribution in [2.24, 2.45) is 11.8 Å². The summed E-state index contributed by atoms with van der Waals surface area (Å²) in [6.07, 6.45) is 4.98. The van der Waals surface area contributed by atoms with Crippen molar-refractivity contribution >= 4 is 17.5 Å². The molecule has 1 aromatic rings. The maximum atomic E-state index is 15.4. The molecule has 1 saturated carbocycles. The maximum Gasteiger partial charge on any atom is 0.225 e. The zero-order chi connectivity index (χ0) is 20.4. The van der Waals surface area contributed by atoms with Crippen molar-refractivity contribution in [2.45, 2.75) is 50.7 Å². The first-order valence-corrected chi connectivity index (χ1v) is 11.4. The van der Waals surface area contributed by atoms with Gasteiger partial charge in [-0.2, -0.15) is 0 Å². The van der Waals surface area contributed by atoms with Gasteiger partial charge in [0.05, 0.1) is 0 Å². The van der Waals surface area contributed by atoms with E-state index in [1.165, 1.54) is 12.8 Å². The zero-order valence-electron chi connectivity index (χ0n) is 17.3. The van der Waals surface area contributed by atoms with Gasteiger partial charge in [-0.3, -0.25) is 9.69 Å². The van der Waals surface area contributed by atoms with Gasteiger partial charge >= 0.3 is 0 Å². The highest BCUT2D eigenvalue weighted by molar-refractivity contribution is 6.31. The molecule has 2 saturated heterocycles. The molecule has 2 heterocycles. The number of alkyl halides is 1. The molecule has 0 N–H and O–H groups in total. The average molecular weight is 423 g/mol. The molecule has 2 aliphatic heterocycles. The monoisotopic (exact) mass is 422 g/mol. The highest BCUT2D eigenvalue weighted by atomic mass is 35.5. The fraction of sp³-hybridized carbons (Fsp3) is 0.696. The number of likely N-dealkylation sites (tertiary alicyclic amines) is 1. The van der Waals surface area contributed by atoms with E-state index in [1.54, 1.807) is 11.0 Å². The lowest BCUT2D eigenvalue weighted by molar-refractivity contribution is -0.145. The Kier molecular flexibility index (Phi) is 6.47. The zero-order valence-corrected chi connectivity index (χ0v) is 18.1. The molecule has 0 spiro atoms. The van der Waals surface area contributed by atoms with E-state index in [-0.39, 0.29) is 24.7 Å². The standard InChI is InChI=1S/C23H32ClFN2O2/c1-26(15-17-6-10-29-11-7-17)22(28)19-13-23(25,14-19)20-5-4-18(21(24)12-20)16-27-8-2-3-9-27/h4-5,12,17,19H,2-3,6-11,13-16H2,1H3. The molecule has 0 bridgehead atoms. The fourth-order valence-corrected chi connectivity index (χ4v) is 5.23. The Morgan fingerprint density at radius 2 is 1.97 bits per heavy atom. The van der Waals surface area contributed by atoms with Crippen LogP contribution in [0.15, 0.2) is 18.2 Å². The van der Waals surface area contributed by atoms with Crippen molar-refractivity contribution in [3.63, 3.8) is 0 Å². The van der Waals surface area contributed by atoms with E-state index in [9.17, 15) is 4.79 Å². The first-order chi connectivity index (χ1) is 13.9. The predicted molar refractivity (Wildman–Crippen MR) is 113 cm³/mol. The van der Waals surface area contributed by atoms with Gasteiger partial charge in [-0.25, -0.2) is 4.39 Å². The molecule has 0 aromatic heterocycles. The Labute approximate surface area is 178 Å². The van der Waals surface area contributed by atoms with Gasteiger partial charge in [0.25, 0.3) is 0 Å². The van der Waals surface area contributed by atoms with Crippen LogP contribution in [0.5, 0.6) is 0 Å². The van der Waals surface area contributed by atoms with Crippen LogP contribution in [0.25, 0.3) is 0 Å². The number of nitrogens with zero attached hydrogens (tertiary/aromatic N) is 2. The topological polar surface area (TPSA) is 32.8 Å². The van der Waals surface area contributed by atoms with Gasteiger partial charge in [0.1, 0.15) is 5.67 Å². The summed E-state index contributed by atoms with van der Waals surface area (Å²) in [5.41, 5.74) is 0.239. The molecule has 0 atom stereocenters. The third kappa shape index (κ3) is 4.78. The predicted octanol–water partition coefficient (Wildman–Crippen LogP) is 4.40. The minimum atomic E-state index is -1.43. The second kappa shape index (κ2) is 8.91. The van der Waals surface area contributed by atoms with E-state index in [0.29, 0.717) is 16.5 Å². The van der Waals surface area contributed by atoms with Crippen molar-refractivity contribution in [3.05, 3.63) is 34.3 Å². The number of rotatable bonds is 6. The third-order valence-electron chi connectivity index (χ3n) is 6.90. The van der Waals surface area contributed by atoms with E-state index < -0.39 is 5.67 Å². The van der Waals surface area contributed by atoms with Crippen LogP contribution in [0.4, 0.5) is 4.39 Å². The molecule has 0 unspecified atom stereocenters. The summed E-state index contributed by atoms with van der Waals surface area (Å²) in [6, 6.07) is 5.60. The summed E-state index contributed by atoms with van der Waals surface area (Å²) in [5, 5.41) is 0.637. The molecular formula is C23H32ClFN2O2. The molecular weight excluding hydrogens is 391 g/mol. The van der Waals surface area contributed by atoms with Crippen LogP contribution in [0.1, 0.15) is 49.7 Å². The van der Waals surface area contributed by atoms with Crippen LogP contribution in [0.3, 0.4) is 0 Å². The minimum Gasteiger partial charge on any atom is -0.381 e. The van der Waals surface area contributed by atoms with Gasteiger partial charge in [0.15, 0.2) is 0 Å². The van der Waals surface area contributed by atoms with Crippen molar-refractivity contribution in [2.75, 3.05) is 39.9 Å². The van der Waals surface area contributed by atoms with Crippen LogP contribution in [-0.2, 0) is 21.7 Å². The maximum absolute atomic E-state index is 15.4. The van der Waals surface area contributed by atoms with Crippen molar-refractivity contribution in [1.82, 2.24) is 9.80 Å². The second-order valence-corrected chi connectivity index (χ2v) is 9.54. The lowest BCUT2D eigenvalue weighted by Gasteiger charge is -2.42. The lowest BCUT2D eigenvalue weighted by Crippen LogP contribution is -2.47. The number of amides is 1. The van der Waals surface area contributed by atoms with E-state index >= 15 is 4.39 Å². The number of benzene rings is 1. The van der Waals surface area contributed by atoms with Crippen LogP contribution >= 0.6 is 11.6 Å². The number of ether oxygens (including phenoxy) is 1. The summed E-state index contributed by atoms with van der Waals surface area (Å²) in [7, 11) is 1.85. The van der Waals surface area contributed by atoms with Gasteiger partial charge in [0, 0.05) is 44.3 Å². The molecule has 6 heteroatoms. The Morgan fingerprint density at radius 3 is 2.62 bits per heavy atom. The summed E-state index contributed by atoms with van der Waals surface area (Å²) in [6.45, 7) is 5.34. The summed E-state index contributed by atoms with van der Waals surface area (Å²) in [5.74, 6) is 0.337. The Balaban J connectivity index is 1.32. The van der Waals surface area contributed by atoms with Gasteiger partial charge in [-0.15, -0.1) is 0 Å². The van der Waals surface area contributed by atoms with Crippen LogP contribution in [0.2, 0.25) is 5.02 Å². The molecule has 29 heavy (non-hydrogen) atoms. The summed E-state index contributed by atoms with van der Waals surface area (Å²) in [4.78, 5) is 16.9. The molecule has 1 amide bonds. The second-order valence-electron chi connectivity index (χ2n) is 9.13. The molecule has 3 aliphatic rings. The quantitative estimate of drug-likeness (QED) is 0.681. The lowest BCUT2D eigenvalue weighted by atomic mass is 9.68. The molecule has 1 aliphatic carbocycles. The number of hydrogen-bond acceptors (Lipinski definition) is 3. The van der Waals surface area contributed by atoms with Crippen molar-refractivity contribution < 1.29 is 13.9 Å². The van der Waals surface area contributed by atoms with Crippen molar-refractivity contribution in [1.29, 1.82) is 0 Å². The SMILES string of the molecule is CN(CC1CCOCC1)C(=O)C1CC(F)(c2ccc(CN3CCCC3)c(Cl)c2)C1. The first kappa shape index (κ1) is 21.1. The Bertz CT molecular complexity index is 726. The Morgan fingerprint density at radius 1 is 1.28 bits per heavy atom. The number of hydrogen-bond donors (Lipinski definition) is 0.